The largest absolute Gasteiger partial charge is 0.300 e. The highest BCUT2D eigenvalue weighted by Gasteiger charge is 2.55. The zero-order chi connectivity index (χ0) is 17.8. The van der Waals surface area contributed by atoms with E-state index in [1.807, 2.05) is 13.0 Å². The molecule has 25 heavy (non-hydrogen) atoms. The van der Waals surface area contributed by atoms with Crippen LogP contribution in [-0.2, 0) is 9.59 Å². The van der Waals surface area contributed by atoms with E-state index in [0.717, 1.165) is 32.1 Å². The number of carbonyl (C=O) groups excluding carboxylic acids is 2. The van der Waals surface area contributed by atoms with Gasteiger partial charge >= 0.3 is 0 Å². The van der Waals surface area contributed by atoms with Crippen molar-refractivity contribution in [3.05, 3.63) is 22.8 Å². The molecule has 5 atom stereocenters. The lowest BCUT2D eigenvalue weighted by Gasteiger charge is -2.49. The number of hydrogen-bond donors (Lipinski definition) is 0. The number of carbonyl (C=O) groups is 2. The Morgan fingerprint density at radius 1 is 1.24 bits per heavy atom. The van der Waals surface area contributed by atoms with Crippen LogP contribution < -0.4 is 0 Å². The van der Waals surface area contributed by atoms with Crippen molar-refractivity contribution in [3.8, 4) is 11.8 Å². The van der Waals surface area contributed by atoms with Crippen molar-refractivity contribution in [2.24, 2.45) is 29.1 Å². The summed E-state index contributed by atoms with van der Waals surface area (Å²) in [7, 11) is 0. The van der Waals surface area contributed by atoms with Crippen molar-refractivity contribution in [3.63, 3.8) is 0 Å². The molecule has 2 heteroatoms. The van der Waals surface area contributed by atoms with Gasteiger partial charge in [-0.2, -0.15) is 0 Å². The molecule has 0 radical (unpaired) electrons. The second kappa shape index (κ2) is 5.97. The Morgan fingerprint density at radius 3 is 2.76 bits per heavy atom. The molecule has 2 saturated carbocycles. The van der Waals surface area contributed by atoms with E-state index in [-0.39, 0.29) is 23.0 Å². The first-order valence-electron chi connectivity index (χ1n) is 9.85. The number of rotatable bonds is 1. The molecule has 0 aromatic heterocycles. The molecular weight excluding hydrogens is 308 g/mol. The molecular formula is C23H28O2. The van der Waals surface area contributed by atoms with Crippen molar-refractivity contribution >= 4 is 11.6 Å². The molecule has 0 aromatic rings. The van der Waals surface area contributed by atoms with Crippen LogP contribution in [0.25, 0.3) is 0 Å². The summed E-state index contributed by atoms with van der Waals surface area (Å²) in [6.45, 7) is 6.03. The van der Waals surface area contributed by atoms with E-state index >= 15 is 0 Å². The lowest BCUT2D eigenvalue weighted by molar-refractivity contribution is -0.125. The maximum Gasteiger partial charge on any atom is 0.157 e. The van der Waals surface area contributed by atoms with Gasteiger partial charge in [0.25, 0.3) is 0 Å². The second-order valence-electron chi connectivity index (χ2n) is 8.72. The average molecular weight is 336 g/mol. The minimum Gasteiger partial charge on any atom is -0.300 e. The fraction of sp³-hybridized carbons (Fsp3) is 0.652. The van der Waals surface area contributed by atoms with E-state index in [0.29, 0.717) is 24.0 Å². The summed E-state index contributed by atoms with van der Waals surface area (Å²) < 4.78 is 0. The third-order valence-corrected chi connectivity index (χ3v) is 7.59. The Kier molecular flexibility index (Phi) is 4.02. The number of ketones is 2. The van der Waals surface area contributed by atoms with Crippen LogP contribution in [0.1, 0.15) is 65.7 Å². The Bertz CT molecular complexity index is 757. The molecule has 2 fully saturated rings. The van der Waals surface area contributed by atoms with Gasteiger partial charge in [-0.3, -0.25) is 9.59 Å². The van der Waals surface area contributed by atoms with Gasteiger partial charge in [0.15, 0.2) is 5.78 Å². The molecule has 0 aromatic carbocycles. The first-order valence-corrected chi connectivity index (χ1v) is 9.85. The number of allylic oxidation sites excluding steroid dienone is 4. The van der Waals surface area contributed by atoms with Gasteiger partial charge < -0.3 is 0 Å². The van der Waals surface area contributed by atoms with E-state index < -0.39 is 0 Å². The van der Waals surface area contributed by atoms with Crippen LogP contribution in [-0.4, -0.2) is 11.6 Å². The SMILES string of the molecule is CC#CC1CC(=O)C=C2CC[C@@H]3C(=C21)CC[C@]1(C)[C@@H](C(C)=O)CC[C@@H]31. The normalized spacial score (nSPS) is 39.6. The standard InChI is InChI=1S/C23H28O2/c1-4-5-15-12-17(25)13-16-6-7-18-19(22(15)16)10-11-23(3)20(14(2)24)8-9-21(18)23/h13,15,18,20-21H,6-12H2,1-3H3/t15?,18-,20-,21+,23-/m1/s1. The Hall–Kier alpha value is -1.62. The summed E-state index contributed by atoms with van der Waals surface area (Å²) >= 11 is 0. The van der Waals surface area contributed by atoms with Gasteiger partial charge in [-0.1, -0.05) is 18.4 Å². The molecule has 4 aliphatic carbocycles. The van der Waals surface area contributed by atoms with Crippen molar-refractivity contribution < 1.29 is 9.59 Å². The van der Waals surface area contributed by atoms with E-state index in [2.05, 4.69) is 18.8 Å². The Balaban J connectivity index is 1.77. The lowest BCUT2D eigenvalue weighted by Crippen LogP contribution is -2.42. The Labute approximate surface area is 151 Å². The zero-order valence-electron chi connectivity index (χ0n) is 15.7. The maximum absolute atomic E-state index is 12.2. The van der Waals surface area contributed by atoms with Gasteiger partial charge in [0, 0.05) is 12.3 Å². The van der Waals surface area contributed by atoms with Crippen LogP contribution in [0.15, 0.2) is 22.8 Å². The summed E-state index contributed by atoms with van der Waals surface area (Å²) in [4.78, 5) is 24.3. The van der Waals surface area contributed by atoms with Crippen LogP contribution in [0, 0.1) is 40.9 Å². The van der Waals surface area contributed by atoms with Crippen molar-refractivity contribution in [1.29, 1.82) is 0 Å². The van der Waals surface area contributed by atoms with E-state index in [4.69, 9.17) is 0 Å². The third kappa shape index (κ3) is 2.47. The van der Waals surface area contributed by atoms with Crippen LogP contribution >= 0.6 is 0 Å². The van der Waals surface area contributed by atoms with Gasteiger partial charge in [-0.05, 0) is 86.8 Å². The van der Waals surface area contributed by atoms with Crippen molar-refractivity contribution in [2.75, 3.05) is 0 Å². The second-order valence-corrected chi connectivity index (χ2v) is 8.72. The highest BCUT2D eigenvalue weighted by Crippen LogP contribution is 2.62. The van der Waals surface area contributed by atoms with Gasteiger partial charge in [0.2, 0.25) is 0 Å². The van der Waals surface area contributed by atoms with Crippen LogP contribution in [0.2, 0.25) is 0 Å². The summed E-state index contributed by atoms with van der Waals surface area (Å²) in [6.07, 6.45) is 9.05. The van der Waals surface area contributed by atoms with Gasteiger partial charge in [-0.25, -0.2) is 0 Å². The molecule has 0 heterocycles. The van der Waals surface area contributed by atoms with Gasteiger partial charge in [0.1, 0.15) is 5.78 Å². The predicted octanol–water partition coefficient (Wildman–Crippen LogP) is 4.65. The smallest absolute Gasteiger partial charge is 0.157 e. The van der Waals surface area contributed by atoms with E-state index in [1.54, 1.807) is 12.5 Å². The van der Waals surface area contributed by atoms with E-state index in [1.165, 1.54) is 17.6 Å². The summed E-state index contributed by atoms with van der Waals surface area (Å²) in [6, 6.07) is 0. The first-order chi connectivity index (χ1) is 12.0. The number of hydrogen-bond acceptors (Lipinski definition) is 2. The number of fused-ring (bicyclic) bond motifs is 4. The topological polar surface area (TPSA) is 34.1 Å². The molecule has 1 unspecified atom stereocenters. The fourth-order valence-corrected chi connectivity index (χ4v) is 6.60. The molecule has 4 aliphatic rings. The minimum atomic E-state index is 0.102. The van der Waals surface area contributed by atoms with E-state index in [9.17, 15) is 9.59 Å². The third-order valence-electron chi connectivity index (χ3n) is 7.59. The lowest BCUT2D eigenvalue weighted by atomic mass is 9.55. The van der Waals surface area contributed by atoms with Crippen molar-refractivity contribution in [1.82, 2.24) is 0 Å². The van der Waals surface area contributed by atoms with Crippen LogP contribution in [0.5, 0.6) is 0 Å². The molecule has 0 amide bonds. The highest BCUT2D eigenvalue weighted by atomic mass is 16.1. The summed E-state index contributed by atoms with van der Waals surface area (Å²) in [5.41, 5.74) is 4.45. The molecule has 2 nitrogen and oxygen atoms in total. The molecule has 0 N–H and O–H groups in total. The quantitative estimate of drug-likeness (QED) is 0.653. The van der Waals surface area contributed by atoms with Crippen LogP contribution in [0.4, 0.5) is 0 Å². The van der Waals surface area contributed by atoms with Crippen LogP contribution in [0.3, 0.4) is 0 Å². The monoisotopic (exact) mass is 336 g/mol. The number of Topliss-reactive ketones (excluding diaryl/α,β-unsaturated/α-hetero) is 1. The molecule has 0 saturated heterocycles. The molecule has 0 bridgehead atoms. The zero-order valence-corrected chi connectivity index (χ0v) is 15.7. The first kappa shape index (κ1) is 16.8. The van der Waals surface area contributed by atoms with Gasteiger partial charge in [-0.15, -0.1) is 5.92 Å². The molecule has 0 aliphatic heterocycles. The maximum atomic E-state index is 12.2. The molecule has 0 spiro atoms. The fourth-order valence-electron chi connectivity index (χ4n) is 6.60. The summed E-state index contributed by atoms with van der Waals surface area (Å²) in [5.74, 6) is 8.58. The average Bonchev–Trinajstić information content (AvgIpc) is 2.92. The summed E-state index contributed by atoms with van der Waals surface area (Å²) in [5, 5.41) is 0. The molecule has 132 valence electrons. The molecule has 4 rings (SSSR count). The highest BCUT2D eigenvalue weighted by molar-refractivity contribution is 5.94. The Morgan fingerprint density at radius 2 is 2.04 bits per heavy atom. The van der Waals surface area contributed by atoms with Gasteiger partial charge in [0.05, 0.1) is 5.92 Å². The minimum absolute atomic E-state index is 0.102. The predicted molar refractivity (Wildman–Crippen MR) is 98.6 cm³/mol. The van der Waals surface area contributed by atoms with Crippen molar-refractivity contribution in [2.45, 2.75) is 65.7 Å².